The van der Waals surface area contributed by atoms with Crippen LogP contribution in [-0.2, 0) is 14.3 Å². The zero-order valence-electron chi connectivity index (χ0n) is 20.7. The predicted octanol–water partition coefficient (Wildman–Crippen LogP) is 7.71. The van der Waals surface area contributed by atoms with Crippen molar-refractivity contribution >= 4 is 12.1 Å². The van der Waals surface area contributed by atoms with Crippen molar-refractivity contribution < 1.29 is 19.1 Å². The molecule has 31 heavy (non-hydrogen) atoms. The molecule has 0 saturated heterocycles. The van der Waals surface area contributed by atoms with Gasteiger partial charge in [0.25, 0.3) is 0 Å². The summed E-state index contributed by atoms with van der Waals surface area (Å²) >= 11 is 0. The molecule has 0 bridgehead atoms. The highest BCUT2D eigenvalue weighted by Gasteiger charge is 2.03. The standard InChI is InChI=1S/C26H51NO4/c1-3-5-6-7-8-9-10-11-12-13-14-15-16-17-21-24-31-25(28)22-19-18-20-23-27-26(29)30-4-2/h3-24H2,1-2H3,(H,27,29). The van der Waals surface area contributed by atoms with Gasteiger partial charge in [0.15, 0.2) is 0 Å². The van der Waals surface area contributed by atoms with Crippen molar-refractivity contribution in [3.8, 4) is 0 Å². The number of hydrogen-bond donors (Lipinski definition) is 1. The van der Waals surface area contributed by atoms with Crippen LogP contribution in [0.5, 0.6) is 0 Å². The molecule has 0 atom stereocenters. The Balaban J connectivity index is 3.18. The smallest absolute Gasteiger partial charge is 0.407 e. The minimum atomic E-state index is -0.370. The summed E-state index contributed by atoms with van der Waals surface area (Å²) in [6, 6.07) is 0. The Hall–Kier alpha value is -1.26. The number of nitrogens with one attached hydrogen (secondary N) is 1. The van der Waals surface area contributed by atoms with Crippen molar-refractivity contribution in [1.29, 1.82) is 0 Å². The van der Waals surface area contributed by atoms with Crippen LogP contribution in [0.15, 0.2) is 0 Å². The van der Waals surface area contributed by atoms with E-state index in [1.54, 1.807) is 6.92 Å². The van der Waals surface area contributed by atoms with E-state index in [4.69, 9.17) is 9.47 Å². The first-order valence-electron chi connectivity index (χ1n) is 13.3. The molecule has 0 aliphatic rings. The highest BCUT2D eigenvalue weighted by atomic mass is 16.5. The van der Waals surface area contributed by atoms with E-state index in [1.165, 1.54) is 83.5 Å². The van der Waals surface area contributed by atoms with Gasteiger partial charge >= 0.3 is 12.1 Å². The molecule has 0 rings (SSSR count). The van der Waals surface area contributed by atoms with Gasteiger partial charge in [0.05, 0.1) is 13.2 Å². The summed E-state index contributed by atoms with van der Waals surface area (Å²) in [6.07, 6.45) is 22.8. The molecule has 0 heterocycles. The van der Waals surface area contributed by atoms with Crippen LogP contribution in [0.3, 0.4) is 0 Å². The zero-order valence-corrected chi connectivity index (χ0v) is 20.7. The SMILES string of the molecule is CCCCCCCCCCCCCCCCCOC(=O)CCCCCNC(=O)OCC. The molecule has 0 aromatic rings. The van der Waals surface area contributed by atoms with E-state index in [9.17, 15) is 9.59 Å². The Morgan fingerprint density at radius 2 is 1.06 bits per heavy atom. The number of hydrogen-bond acceptors (Lipinski definition) is 4. The lowest BCUT2D eigenvalue weighted by Gasteiger charge is -2.06. The number of amides is 1. The molecule has 0 radical (unpaired) electrons. The van der Waals surface area contributed by atoms with Gasteiger partial charge in [0, 0.05) is 13.0 Å². The minimum Gasteiger partial charge on any atom is -0.466 e. The minimum absolute atomic E-state index is 0.0938. The summed E-state index contributed by atoms with van der Waals surface area (Å²) in [4.78, 5) is 22.8. The lowest BCUT2D eigenvalue weighted by atomic mass is 10.0. The zero-order chi connectivity index (χ0) is 22.8. The first-order chi connectivity index (χ1) is 15.2. The third-order valence-electron chi connectivity index (χ3n) is 5.61. The van der Waals surface area contributed by atoms with Gasteiger partial charge in [0.2, 0.25) is 0 Å². The summed E-state index contributed by atoms with van der Waals surface area (Å²) in [7, 11) is 0. The van der Waals surface area contributed by atoms with Crippen LogP contribution in [0, 0.1) is 0 Å². The van der Waals surface area contributed by atoms with E-state index in [1.807, 2.05) is 0 Å². The average Bonchev–Trinajstić information content (AvgIpc) is 2.76. The monoisotopic (exact) mass is 441 g/mol. The fraction of sp³-hybridized carbons (Fsp3) is 0.923. The number of rotatable bonds is 23. The molecule has 1 N–H and O–H groups in total. The summed E-state index contributed by atoms with van der Waals surface area (Å²) in [5, 5.41) is 2.68. The topological polar surface area (TPSA) is 64.6 Å². The van der Waals surface area contributed by atoms with E-state index in [0.717, 1.165) is 32.1 Å². The van der Waals surface area contributed by atoms with Crippen molar-refractivity contribution in [3.63, 3.8) is 0 Å². The maximum absolute atomic E-state index is 11.7. The lowest BCUT2D eigenvalue weighted by molar-refractivity contribution is -0.143. The quantitative estimate of drug-likeness (QED) is 0.130. The molecule has 1 amide bonds. The third-order valence-corrected chi connectivity index (χ3v) is 5.61. The molecule has 0 aromatic heterocycles. The van der Waals surface area contributed by atoms with Gasteiger partial charge in [-0.15, -0.1) is 0 Å². The molecule has 5 nitrogen and oxygen atoms in total. The van der Waals surface area contributed by atoms with E-state index in [2.05, 4.69) is 12.2 Å². The number of ether oxygens (including phenoxy) is 2. The number of unbranched alkanes of at least 4 members (excludes halogenated alkanes) is 16. The van der Waals surface area contributed by atoms with Crippen LogP contribution in [0.25, 0.3) is 0 Å². The molecule has 5 heteroatoms. The van der Waals surface area contributed by atoms with Crippen molar-refractivity contribution in [3.05, 3.63) is 0 Å². The summed E-state index contributed by atoms with van der Waals surface area (Å²) in [6.45, 7) is 5.59. The maximum atomic E-state index is 11.7. The number of carbonyl (C=O) groups is 2. The van der Waals surface area contributed by atoms with Crippen molar-refractivity contribution in [2.24, 2.45) is 0 Å². The van der Waals surface area contributed by atoms with Gasteiger partial charge in [-0.2, -0.15) is 0 Å². The maximum Gasteiger partial charge on any atom is 0.407 e. The second-order valence-electron chi connectivity index (χ2n) is 8.63. The molecule has 0 aliphatic heterocycles. The first kappa shape index (κ1) is 29.7. The molecule has 0 aliphatic carbocycles. The van der Waals surface area contributed by atoms with Crippen molar-refractivity contribution in [1.82, 2.24) is 5.32 Å². The van der Waals surface area contributed by atoms with E-state index < -0.39 is 0 Å². The van der Waals surface area contributed by atoms with Gasteiger partial charge in [-0.1, -0.05) is 103 Å². The van der Waals surface area contributed by atoms with Gasteiger partial charge in [-0.3, -0.25) is 4.79 Å². The first-order valence-corrected chi connectivity index (χ1v) is 13.3. The lowest BCUT2D eigenvalue weighted by Crippen LogP contribution is -2.25. The van der Waals surface area contributed by atoms with E-state index in [0.29, 0.717) is 26.2 Å². The average molecular weight is 442 g/mol. The number of alkyl carbamates (subject to hydrolysis) is 1. The second-order valence-corrected chi connectivity index (χ2v) is 8.63. The summed E-state index contributed by atoms with van der Waals surface area (Å²) < 4.78 is 10.1. The second kappa shape index (κ2) is 25.0. The molecule has 0 fully saturated rings. The van der Waals surface area contributed by atoms with Crippen LogP contribution >= 0.6 is 0 Å². The Morgan fingerprint density at radius 1 is 0.581 bits per heavy atom. The fourth-order valence-electron chi connectivity index (χ4n) is 3.68. The summed E-state index contributed by atoms with van der Waals surface area (Å²) in [5.41, 5.74) is 0. The van der Waals surface area contributed by atoms with Gasteiger partial charge < -0.3 is 14.8 Å². The molecule has 0 saturated carbocycles. The van der Waals surface area contributed by atoms with Gasteiger partial charge in [0.1, 0.15) is 0 Å². The summed E-state index contributed by atoms with van der Waals surface area (Å²) in [5.74, 6) is -0.0938. The van der Waals surface area contributed by atoms with Crippen LogP contribution in [0.2, 0.25) is 0 Å². The Morgan fingerprint density at radius 3 is 1.58 bits per heavy atom. The number of esters is 1. The third kappa shape index (κ3) is 24.9. The van der Waals surface area contributed by atoms with Crippen molar-refractivity contribution in [2.75, 3.05) is 19.8 Å². The molecule has 184 valence electrons. The Labute approximate surface area is 192 Å². The Bertz CT molecular complexity index is 401. The van der Waals surface area contributed by atoms with E-state index in [-0.39, 0.29) is 12.1 Å². The molecular formula is C26H51NO4. The van der Waals surface area contributed by atoms with Crippen LogP contribution in [0.1, 0.15) is 136 Å². The van der Waals surface area contributed by atoms with Gasteiger partial charge in [-0.05, 0) is 26.2 Å². The van der Waals surface area contributed by atoms with Crippen LogP contribution in [-0.4, -0.2) is 31.8 Å². The molecule has 0 aromatic carbocycles. The van der Waals surface area contributed by atoms with Crippen molar-refractivity contribution in [2.45, 2.75) is 136 Å². The Kier molecular flexibility index (Phi) is 24.0. The molecule has 0 spiro atoms. The van der Waals surface area contributed by atoms with Crippen LogP contribution in [0.4, 0.5) is 4.79 Å². The van der Waals surface area contributed by atoms with E-state index >= 15 is 0 Å². The van der Waals surface area contributed by atoms with Crippen LogP contribution < -0.4 is 5.32 Å². The largest absolute Gasteiger partial charge is 0.466 e. The predicted molar refractivity (Wildman–Crippen MR) is 129 cm³/mol. The highest BCUT2D eigenvalue weighted by molar-refractivity contribution is 5.69. The molecular weight excluding hydrogens is 390 g/mol. The fourth-order valence-corrected chi connectivity index (χ4v) is 3.68. The highest BCUT2D eigenvalue weighted by Crippen LogP contribution is 2.13. The molecule has 0 unspecified atom stereocenters. The normalized spacial score (nSPS) is 10.8. The van der Waals surface area contributed by atoms with Gasteiger partial charge in [-0.25, -0.2) is 4.79 Å². The number of carbonyl (C=O) groups excluding carboxylic acids is 2.